The van der Waals surface area contributed by atoms with Gasteiger partial charge in [-0.1, -0.05) is 0 Å². The van der Waals surface area contributed by atoms with Crippen LogP contribution in [0.4, 0.5) is 0 Å². The van der Waals surface area contributed by atoms with Gasteiger partial charge in [-0.25, -0.2) is 0 Å². The Hall–Kier alpha value is -1.55. The van der Waals surface area contributed by atoms with Crippen molar-refractivity contribution in [2.24, 2.45) is 5.92 Å². The Balaban J connectivity index is 1.55. The second-order valence-electron chi connectivity index (χ2n) is 6.44. The summed E-state index contributed by atoms with van der Waals surface area (Å²) in [5.74, 6) is 1.91. The second-order valence-corrected chi connectivity index (χ2v) is 6.44. The van der Waals surface area contributed by atoms with Gasteiger partial charge in [-0.2, -0.15) is 0 Å². The molecule has 3 aliphatic heterocycles. The van der Waals surface area contributed by atoms with Gasteiger partial charge in [-0.05, 0) is 50.9 Å². The minimum Gasteiger partial charge on any atom is -0.486 e. The number of hydrogen-bond acceptors (Lipinski definition) is 4. The zero-order valence-electron chi connectivity index (χ0n) is 12.4. The molecule has 21 heavy (non-hydrogen) atoms. The van der Waals surface area contributed by atoms with E-state index in [0.29, 0.717) is 31.0 Å². The van der Waals surface area contributed by atoms with E-state index in [0.717, 1.165) is 24.2 Å². The number of hydrogen-bond donors (Lipinski definition) is 0. The van der Waals surface area contributed by atoms with Crippen LogP contribution in [-0.4, -0.2) is 43.0 Å². The standard InChI is InChI=1S/C17H21NO3/c1-18-13-3-4-14(18)9-12(8-13)17(19)11-2-5-15-16(10-11)21-7-6-20-15/h2,5,10,12-14H,3-4,6-9H2,1H3. The van der Waals surface area contributed by atoms with Gasteiger partial charge in [0.25, 0.3) is 0 Å². The lowest BCUT2D eigenvalue weighted by molar-refractivity contribution is 0.0766. The Morgan fingerprint density at radius 2 is 1.76 bits per heavy atom. The Labute approximate surface area is 125 Å². The molecule has 112 valence electrons. The molecule has 2 saturated heterocycles. The molecule has 2 unspecified atom stereocenters. The molecule has 0 saturated carbocycles. The van der Waals surface area contributed by atoms with Crippen molar-refractivity contribution < 1.29 is 14.3 Å². The first-order valence-corrected chi connectivity index (χ1v) is 7.88. The molecule has 2 bridgehead atoms. The zero-order valence-corrected chi connectivity index (χ0v) is 12.4. The first-order chi connectivity index (χ1) is 10.2. The highest BCUT2D eigenvalue weighted by Crippen LogP contribution is 2.39. The summed E-state index contributed by atoms with van der Waals surface area (Å²) in [6.45, 7) is 1.14. The molecule has 2 atom stereocenters. The number of carbonyl (C=O) groups excluding carboxylic acids is 1. The molecule has 0 spiro atoms. The summed E-state index contributed by atoms with van der Waals surface area (Å²) in [6, 6.07) is 6.79. The van der Waals surface area contributed by atoms with Crippen LogP contribution in [0.3, 0.4) is 0 Å². The van der Waals surface area contributed by atoms with Crippen LogP contribution in [0.2, 0.25) is 0 Å². The van der Waals surface area contributed by atoms with E-state index in [1.807, 2.05) is 18.2 Å². The maximum absolute atomic E-state index is 12.8. The number of ether oxygens (including phenoxy) is 2. The lowest BCUT2D eigenvalue weighted by atomic mass is 9.85. The molecule has 4 nitrogen and oxygen atoms in total. The van der Waals surface area contributed by atoms with E-state index < -0.39 is 0 Å². The van der Waals surface area contributed by atoms with Gasteiger partial charge in [0, 0.05) is 23.6 Å². The van der Waals surface area contributed by atoms with Crippen molar-refractivity contribution in [1.29, 1.82) is 0 Å². The number of ketones is 1. The Bertz CT molecular complexity index is 557. The normalized spacial score (nSPS) is 31.2. The lowest BCUT2D eigenvalue weighted by Gasteiger charge is -2.35. The number of Topliss-reactive ketones (excluding diaryl/α,β-unsaturated/α-hetero) is 1. The SMILES string of the molecule is CN1C2CCC1CC(C(=O)c1ccc3c(c1)OCCO3)C2. The monoisotopic (exact) mass is 287 g/mol. The predicted molar refractivity (Wildman–Crippen MR) is 79.1 cm³/mol. The van der Waals surface area contributed by atoms with Gasteiger partial charge in [0.1, 0.15) is 13.2 Å². The van der Waals surface area contributed by atoms with Crippen LogP contribution < -0.4 is 9.47 Å². The zero-order chi connectivity index (χ0) is 14.4. The highest BCUT2D eigenvalue weighted by Gasteiger charge is 2.41. The molecule has 0 N–H and O–H groups in total. The van der Waals surface area contributed by atoms with E-state index in [1.165, 1.54) is 12.8 Å². The Morgan fingerprint density at radius 1 is 1.10 bits per heavy atom. The highest BCUT2D eigenvalue weighted by molar-refractivity contribution is 5.98. The molecule has 2 fully saturated rings. The number of nitrogens with zero attached hydrogens (tertiary/aromatic N) is 1. The van der Waals surface area contributed by atoms with Crippen LogP contribution in [0.5, 0.6) is 11.5 Å². The molecule has 0 amide bonds. The molecule has 0 aromatic heterocycles. The second kappa shape index (κ2) is 5.02. The average molecular weight is 287 g/mol. The Morgan fingerprint density at radius 3 is 2.48 bits per heavy atom. The quantitative estimate of drug-likeness (QED) is 0.784. The topological polar surface area (TPSA) is 38.8 Å². The Kier molecular flexibility index (Phi) is 3.14. The summed E-state index contributed by atoms with van der Waals surface area (Å²) in [7, 11) is 2.20. The maximum atomic E-state index is 12.8. The van der Waals surface area contributed by atoms with Crippen molar-refractivity contribution in [1.82, 2.24) is 4.90 Å². The minimum absolute atomic E-state index is 0.168. The summed E-state index contributed by atoms with van der Waals surface area (Å²) in [6.07, 6.45) is 4.48. The summed E-state index contributed by atoms with van der Waals surface area (Å²) < 4.78 is 11.1. The largest absolute Gasteiger partial charge is 0.486 e. The molecule has 0 aliphatic carbocycles. The number of carbonyl (C=O) groups is 1. The predicted octanol–water partition coefficient (Wildman–Crippen LogP) is 2.51. The van der Waals surface area contributed by atoms with Gasteiger partial charge < -0.3 is 14.4 Å². The van der Waals surface area contributed by atoms with E-state index in [9.17, 15) is 4.79 Å². The van der Waals surface area contributed by atoms with Crippen molar-refractivity contribution >= 4 is 5.78 Å². The molecular formula is C17H21NO3. The minimum atomic E-state index is 0.168. The smallest absolute Gasteiger partial charge is 0.166 e. The van der Waals surface area contributed by atoms with Crippen LogP contribution >= 0.6 is 0 Å². The van der Waals surface area contributed by atoms with Crippen LogP contribution in [-0.2, 0) is 0 Å². The summed E-state index contributed by atoms with van der Waals surface area (Å²) in [5, 5.41) is 0. The third-order valence-electron chi connectivity index (χ3n) is 5.30. The van der Waals surface area contributed by atoms with Crippen molar-refractivity contribution in [3.05, 3.63) is 23.8 Å². The van der Waals surface area contributed by atoms with Crippen LogP contribution in [0.25, 0.3) is 0 Å². The third kappa shape index (κ3) is 2.22. The molecule has 3 heterocycles. The van der Waals surface area contributed by atoms with Gasteiger partial charge in [-0.3, -0.25) is 4.79 Å². The van der Waals surface area contributed by atoms with Crippen LogP contribution in [0.15, 0.2) is 18.2 Å². The summed E-state index contributed by atoms with van der Waals surface area (Å²) in [4.78, 5) is 15.3. The van der Waals surface area contributed by atoms with Gasteiger partial charge in [0.15, 0.2) is 17.3 Å². The molecule has 1 aromatic rings. The average Bonchev–Trinajstić information content (AvgIpc) is 2.75. The van der Waals surface area contributed by atoms with Gasteiger partial charge in [0.2, 0.25) is 0 Å². The number of rotatable bonds is 2. The van der Waals surface area contributed by atoms with E-state index in [-0.39, 0.29) is 11.7 Å². The molecule has 4 heteroatoms. The van der Waals surface area contributed by atoms with Crippen molar-refractivity contribution in [2.75, 3.05) is 20.3 Å². The molecule has 4 rings (SSSR count). The van der Waals surface area contributed by atoms with Gasteiger partial charge in [-0.15, -0.1) is 0 Å². The number of benzene rings is 1. The van der Waals surface area contributed by atoms with Crippen molar-refractivity contribution in [3.63, 3.8) is 0 Å². The molecular weight excluding hydrogens is 266 g/mol. The van der Waals surface area contributed by atoms with Crippen LogP contribution in [0.1, 0.15) is 36.0 Å². The van der Waals surface area contributed by atoms with E-state index in [2.05, 4.69) is 11.9 Å². The fourth-order valence-electron chi connectivity index (χ4n) is 4.06. The van der Waals surface area contributed by atoms with E-state index in [4.69, 9.17) is 9.47 Å². The molecule has 3 aliphatic rings. The molecule has 1 aromatic carbocycles. The lowest BCUT2D eigenvalue weighted by Crippen LogP contribution is -2.42. The van der Waals surface area contributed by atoms with Gasteiger partial charge in [0.05, 0.1) is 0 Å². The van der Waals surface area contributed by atoms with E-state index in [1.54, 1.807) is 0 Å². The number of piperidine rings is 1. The maximum Gasteiger partial charge on any atom is 0.166 e. The highest BCUT2D eigenvalue weighted by atomic mass is 16.6. The van der Waals surface area contributed by atoms with Gasteiger partial charge >= 0.3 is 0 Å². The number of fused-ring (bicyclic) bond motifs is 3. The van der Waals surface area contributed by atoms with Crippen molar-refractivity contribution in [2.45, 2.75) is 37.8 Å². The first kappa shape index (κ1) is 13.1. The van der Waals surface area contributed by atoms with Crippen molar-refractivity contribution in [3.8, 4) is 11.5 Å². The van der Waals surface area contributed by atoms with E-state index >= 15 is 0 Å². The fourth-order valence-corrected chi connectivity index (χ4v) is 4.06. The fraction of sp³-hybridized carbons (Fsp3) is 0.588. The summed E-state index contributed by atoms with van der Waals surface area (Å²) >= 11 is 0. The first-order valence-electron chi connectivity index (χ1n) is 7.88. The molecule has 0 radical (unpaired) electrons. The van der Waals surface area contributed by atoms with Crippen LogP contribution in [0, 0.1) is 5.92 Å². The summed E-state index contributed by atoms with van der Waals surface area (Å²) in [5.41, 5.74) is 0.771. The third-order valence-corrected chi connectivity index (χ3v) is 5.30.